The lowest BCUT2D eigenvalue weighted by atomic mass is 9.70. The van der Waals surface area contributed by atoms with Gasteiger partial charge < -0.3 is 19.3 Å². The van der Waals surface area contributed by atoms with Gasteiger partial charge in [-0.2, -0.15) is 0 Å². The van der Waals surface area contributed by atoms with Gasteiger partial charge in [-0.3, -0.25) is 0 Å². The molecule has 3 heterocycles. The zero-order valence-corrected chi connectivity index (χ0v) is 15.8. The second-order valence-corrected chi connectivity index (χ2v) is 8.35. The van der Waals surface area contributed by atoms with Crippen molar-refractivity contribution in [3.63, 3.8) is 0 Å². The van der Waals surface area contributed by atoms with E-state index in [0.29, 0.717) is 13.2 Å². The Bertz CT molecular complexity index is 835. The number of epoxide rings is 2. The molecule has 6 unspecified atom stereocenters. The van der Waals surface area contributed by atoms with E-state index < -0.39 is 5.60 Å². The highest BCUT2D eigenvalue weighted by molar-refractivity contribution is 5.81. The molecule has 0 bridgehead atoms. The van der Waals surface area contributed by atoms with Crippen molar-refractivity contribution in [2.24, 2.45) is 5.92 Å². The molecule has 3 saturated heterocycles. The first-order valence-electron chi connectivity index (χ1n) is 9.53. The van der Waals surface area contributed by atoms with Gasteiger partial charge in [-0.05, 0) is 60.3 Å². The minimum absolute atomic E-state index is 0.00652. The third-order valence-electron chi connectivity index (χ3n) is 6.57. The minimum atomic E-state index is -0.917. The maximum absolute atomic E-state index is 11.2. The Morgan fingerprint density at radius 1 is 1.04 bits per heavy atom. The van der Waals surface area contributed by atoms with Crippen LogP contribution in [0.4, 0.5) is 0 Å². The summed E-state index contributed by atoms with van der Waals surface area (Å²) in [7, 11) is 0. The molecule has 1 N–H and O–H groups in total. The molecule has 1 aromatic carbocycles. The highest BCUT2D eigenvalue weighted by atomic mass is 16.6. The molecule has 0 radical (unpaired) electrons. The molecule has 0 saturated carbocycles. The van der Waals surface area contributed by atoms with Crippen molar-refractivity contribution in [1.29, 1.82) is 0 Å². The number of fused-ring (bicyclic) bond motifs is 5. The topological polar surface area (TPSA) is 54.5 Å². The summed E-state index contributed by atoms with van der Waals surface area (Å²) in [4.78, 5) is 0. The van der Waals surface area contributed by atoms with Crippen molar-refractivity contribution in [3.05, 3.63) is 52.1 Å². The van der Waals surface area contributed by atoms with Crippen LogP contribution in [0.25, 0.3) is 5.57 Å². The fourth-order valence-corrected chi connectivity index (χ4v) is 4.54. The van der Waals surface area contributed by atoms with Crippen molar-refractivity contribution in [2.45, 2.75) is 57.7 Å². The molecule has 4 aliphatic rings. The summed E-state index contributed by atoms with van der Waals surface area (Å²) >= 11 is 0. The number of hydrogen-bond donors (Lipinski definition) is 1. The Morgan fingerprint density at radius 3 is 2.50 bits per heavy atom. The molecule has 0 aromatic heterocycles. The van der Waals surface area contributed by atoms with Crippen molar-refractivity contribution < 1.29 is 19.3 Å². The van der Waals surface area contributed by atoms with Gasteiger partial charge >= 0.3 is 0 Å². The lowest BCUT2D eigenvalue weighted by Crippen LogP contribution is -2.37. The van der Waals surface area contributed by atoms with Crippen LogP contribution in [0.1, 0.15) is 30.5 Å². The van der Waals surface area contributed by atoms with Crippen molar-refractivity contribution in [1.82, 2.24) is 0 Å². The van der Waals surface area contributed by atoms with Crippen LogP contribution in [0.15, 0.2) is 35.4 Å². The molecule has 4 heteroatoms. The minimum Gasteiger partial charge on any atom is -0.385 e. The molecule has 0 spiro atoms. The number of ether oxygens (including phenoxy) is 3. The number of aliphatic hydroxyl groups is 1. The molecule has 5 rings (SSSR count). The third kappa shape index (κ3) is 2.43. The summed E-state index contributed by atoms with van der Waals surface area (Å²) < 4.78 is 17.7. The molecule has 0 amide bonds. The van der Waals surface area contributed by atoms with Crippen LogP contribution < -0.4 is 0 Å². The molecule has 3 fully saturated rings. The summed E-state index contributed by atoms with van der Waals surface area (Å²) in [5, 5.41) is 11.2. The Kier molecular flexibility index (Phi) is 3.55. The van der Waals surface area contributed by atoms with E-state index in [1.807, 2.05) is 13.0 Å². The van der Waals surface area contributed by atoms with Gasteiger partial charge in [0.25, 0.3) is 0 Å². The van der Waals surface area contributed by atoms with E-state index >= 15 is 0 Å². The maximum atomic E-state index is 11.2. The quantitative estimate of drug-likeness (QED) is 0.788. The van der Waals surface area contributed by atoms with Crippen LogP contribution in [0.3, 0.4) is 0 Å². The highest BCUT2D eigenvalue weighted by Gasteiger charge is 2.55. The van der Waals surface area contributed by atoms with Crippen molar-refractivity contribution >= 4 is 5.57 Å². The zero-order valence-electron chi connectivity index (χ0n) is 15.8. The first-order valence-corrected chi connectivity index (χ1v) is 9.53. The zero-order chi connectivity index (χ0) is 18.2. The Balaban J connectivity index is 1.75. The van der Waals surface area contributed by atoms with Crippen LogP contribution in [-0.2, 0) is 14.2 Å². The Labute approximate surface area is 154 Å². The van der Waals surface area contributed by atoms with E-state index in [2.05, 4.69) is 39.0 Å². The van der Waals surface area contributed by atoms with E-state index in [1.54, 1.807) is 0 Å². The standard InChI is InChI=1S/C22H26O4/c1-11-6-5-7-14(12(11)2)18-13(3)22(4,23)8-15-19(18)21-17(26-21)10-24-9-16-20(15)25-16/h5-8,13,16-17,20-21,23H,9-10H2,1-4H3. The predicted molar refractivity (Wildman–Crippen MR) is 98.8 cm³/mol. The normalized spacial score (nSPS) is 41.1. The van der Waals surface area contributed by atoms with Crippen LogP contribution in [0.5, 0.6) is 0 Å². The summed E-state index contributed by atoms with van der Waals surface area (Å²) in [6.07, 6.45) is 2.26. The smallest absolute Gasteiger partial charge is 0.112 e. The molecular formula is C22H26O4. The highest BCUT2D eigenvalue weighted by Crippen LogP contribution is 2.52. The Hall–Kier alpha value is -1.46. The fraction of sp³-hybridized carbons (Fsp3) is 0.545. The maximum Gasteiger partial charge on any atom is 0.112 e. The SMILES string of the molecule is Cc1cccc(C2=C3C(=CC(C)(O)C2C)C2OC2COCC2OC32)c1C. The summed E-state index contributed by atoms with van der Waals surface area (Å²) in [6, 6.07) is 6.41. The average molecular weight is 354 g/mol. The van der Waals surface area contributed by atoms with E-state index in [-0.39, 0.29) is 30.3 Å². The summed E-state index contributed by atoms with van der Waals surface area (Å²) in [6.45, 7) is 9.52. The second-order valence-electron chi connectivity index (χ2n) is 8.35. The van der Waals surface area contributed by atoms with Gasteiger partial charge in [0, 0.05) is 5.92 Å². The van der Waals surface area contributed by atoms with Crippen LogP contribution in [-0.4, -0.2) is 48.3 Å². The van der Waals surface area contributed by atoms with E-state index in [9.17, 15) is 5.11 Å². The van der Waals surface area contributed by atoms with E-state index in [4.69, 9.17) is 14.2 Å². The second kappa shape index (κ2) is 5.52. The average Bonchev–Trinajstić information content (AvgIpc) is 3.49. The first-order chi connectivity index (χ1) is 12.4. The van der Waals surface area contributed by atoms with Gasteiger partial charge in [-0.15, -0.1) is 0 Å². The number of rotatable bonds is 1. The lowest BCUT2D eigenvalue weighted by molar-refractivity contribution is 0.0749. The molecule has 1 aromatic rings. The third-order valence-corrected chi connectivity index (χ3v) is 6.57. The van der Waals surface area contributed by atoms with Gasteiger partial charge in [0.15, 0.2) is 0 Å². The van der Waals surface area contributed by atoms with E-state index in [0.717, 1.165) is 5.57 Å². The molecular weight excluding hydrogens is 328 g/mol. The number of aryl methyl sites for hydroxylation is 1. The van der Waals surface area contributed by atoms with Gasteiger partial charge in [-0.25, -0.2) is 0 Å². The Morgan fingerprint density at radius 2 is 1.73 bits per heavy atom. The fourth-order valence-electron chi connectivity index (χ4n) is 4.54. The number of benzene rings is 1. The van der Waals surface area contributed by atoms with Crippen molar-refractivity contribution in [2.75, 3.05) is 13.2 Å². The van der Waals surface area contributed by atoms with Gasteiger partial charge in [0.1, 0.15) is 24.4 Å². The molecule has 3 aliphatic heterocycles. The summed E-state index contributed by atoms with van der Waals surface area (Å²) in [5.41, 5.74) is 6.36. The molecule has 26 heavy (non-hydrogen) atoms. The molecule has 1 aliphatic carbocycles. The van der Waals surface area contributed by atoms with Crippen LogP contribution in [0, 0.1) is 19.8 Å². The monoisotopic (exact) mass is 354 g/mol. The lowest BCUT2D eigenvalue weighted by Gasteiger charge is -2.37. The van der Waals surface area contributed by atoms with Crippen molar-refractivity contribution in [3.8, 4) is 0 Å². The van der Waals surface area contributed by atoms with Crippen LogP contribution in [0.2, 0.25) is 0 Å². The largest absolute Gasteiger partial charge is 0.385 e. The number of hydrogen-bond acceptors (Lipinski definition) is 4. The predicted octanol–water partition coefficient (Wildman–Crippen LogP) is 2.95. The van der Waals surface area contributed by atoms with Gasteiger partial charge in [0.2, 0.25) is 0 Å². The molecule has 138 valence electrons. The van der Waals surface area contributed by atoms with Gasteiger partial charge in [-0.1, -0.05) is 25.1 Å². The van der Waals surface area contributed by atoms with E-state index in [1.165, 1.54) is 27.8 Å². The first kappa shape index (κ1) is 16.7. The van der Waals surface area contributed by atoms with Crippen LogP contribution >= 0.6 is 0 Å². The van der Waals surface area contributed by atoms with Gasteiger partial charge in [0.05, 0.1) is 18.8 Å². The molecule has 4 nitrogen and oxygen atoms in total. The molecule has 6 atom stereocenters. The summed E-state index contributed by atoms with van der Waals surface area (Å²) in [5.74, 6) is -0.0227.